The molecule has 1 atom stereocenters. The third-order valence-corrected chi connectivity index (χ3v) is 6.79. The summed E-state index contributed by atoms with van der Waals surface area (Å²) in [6.45, 7) is 9.79. The molecule has 0 aliphatic carbocycles. The number of hydrogen-bond donors (Lipinski definition) is 1. The maximum Gasteiger partial charge on any atom is 0.330 e. The third-order valence-electron chi connectivity index (χ3n) is 5.94. The van der Waals surface area contributed by atoms with Gasteiger partial charge in [0.2, 0.25) is 11.4 Å². The fraction of sp³-hybridized carbons (Fsp3) is 0.235. The standard InChI is InChI=1S/C34H36O6S/c1-4-32(35)39-24-8-6-5-7-23-38-29-18-12-27(13-19-29)28-14-20-31(21-15-28)41-33(36)22-11-26-9-16-30(17-10-26)40-34(37)25(2)3/h4,9-22,34,37H,1-2,5-8,23-24H2,3H3/b22-11+. The first-order valence-corrected chi connectivity index (χ1v) is 14.3. The first-order valence-electron chi connectivity index (χ1n) is 13.5. The number of carbonyl (C=O) groups excluding carboxylic acids is 2. The minimum Gasteiger partial charge on any atom is -0.494 e. The Morgan fingerprint density at radius 3 is 2.05 bits per heavy atom. The maximum absolute atomic E-state index is 12.4. The Labute approximate surface area is 246 Å². The lowest BCUT2D eigenvalue weighted by atomic mass is 10.1. The van der Waals surface area contributed by atoms with Crippen LogP contribution in [-0.2, 0) is 14.3 Å². The number of ether oxygens (including phenoxy) is 3. The molecule has 0 aliphatic heterocycles. The SMILES string of the molecule is C=CC(=O)OCCCCCCOc1ccc(-c2ccc(SC(=O)/C=C/c3ccc(OC(O)C(=C)C)cc3)cc2)cc1. The lowest BCUT2D eigenvalue weighted by Crippen LogP contribution is -2.15. The number of aliphatic hydroxyl groups is 1. The van der Waals surface area contributed by atoms with Crippen LogP contribution < -0.4 is 9.47 Å². The zero-order chi connectivity index (χ0) is 29.5. The molecule has 0 spiro atoms. The first-order chi connectivity index (χ1) is 19.8. The van der Waals surface area contributed by atoms with Gasteiger partial charge in [0.25, 0.3) is 0 Å². The highest BCUT2D eigenvalue weighted by Gasteiger charge is 2.06. The highest BCUT2D eigenvalue weighted by Crippen LogP contribution is 2.27. The van der Waals surface area contributed by atoms with Crippen LogP contribution in [0.2, 0.25) is 0 Å². The topological polar surface area (TPSA) is 82.1 Å². The minimum absolute atomic E-state index is 0.0755. The molecule has 0 fully saturated rings. The van der Waals surface area contributed by atoms with Crippen LogP contribution in [0.1, 0.15) is 38.2 Å². The van der Waals surface area contributed by atoms with Gasteiger partial charge in [-0.3, -0.25) is 4.79 Å². The van der Waals surface area contributed by atoms with E-state index in [0.717, 1.165) is 64.8 Å². The van der Waals surface area contributed by atoms with E-state index in [1.807, 2.05) is 60.7 Å². The van der Waals surface area contributed by atoms with Crippen molar-refractivity contribution in [2.24, 2.45) is 0 Å². The predicted molar refractivity (Wildman–Crippen MR) is 165 cm³/mol. The van der Waals surface area contributed by atoms with E-state index in [1.165, 1.54) is 12.2 Å². The fourth-order valence-electron chi connectivity index (χ4n) is 3.64. The first kappa shape index (κ1) is 31.5. The number of benzene rings is 3. The number of unbranched alkanes of at least 4 members (excludes halogenated alkanes) is 3. The predicted octanol–water partition coefficient (Wildman–Crippen LogP) is 7.63. The molecule has 214 valence electrons. The van der Waals surface area contributed by atoms with Crippen molar-refractivity contribution >= 4 is 28.9 Å². The molecule has 7 heteroatoms. The van der Waals surface area contributed by atoms with Gasteiger partial charge < -0.3 is 19.3 Å². The zero-order valence-corrected chi connectivity index (χ0v) is 24.1. The highest BCUT2D eigenvalue weighted by molar-refractivity contribution is 8.14. The minimum atomic E-state index is -1.05. The number of aliphatic hydroxyl groups excluding tert-OH is 1. The monoisotopic (exact) mass is 572 g/mol. The lowest BCUT2D eigenvalue weighted by molar-refractivity contribution is -0.137. The Balaban J connectivity index is 1.39. The number of carbonyl (C=O) groups is 2. The second-order valence-electron chi connectivity index (χ2n) is 9.32. The van der Waals surface area contributed by atoms with E-state index < -0.39 is 6.29 Å². The fourth-order valence-corrected chi connectivity index (χ4v) is 4.28. The third kappa shape index (κ3) is 11.5. The zero-order valence-electron chi connectivity index (χ0n) is 23.3. The van der Waals surface area contributed by atoms with Crippen LogP contribution in [0.15, 0.2) is 109 Å². The van der Waals surface area contributed by atoms with Crippen molar-refractivity contribution in [1.82, 2.24) is 0 Å². The van der Waals surface area contributed by atoms with Gasteiger partial charge in [-0.2, -0.15) is 0 Å². The molecule has 6 nitrogen and oxygen atoms in total. The molecule has 3 aromatic rings. The Morgan fingerprint density at radius 1 is 0.854 bits per heavy atom. The van der Waals surface area contributed by atoms with Crippen LogP contribution in [0.4, 0.5) is 0 Å². The smallest absolute Gasteiger partial charge is 0.330 e. The van der Waals surface area contributed by atoms with Crippen molar-refractivity contribution in [1.29, 1.82) is 0 Å². The molecule has 0 saturated heterocycles. The molecule has 0 aliphatic rings. The normalized spacial score (nSPS) is 11.6. The Bertz CT molecular complexity index is 1310. The molecule has 0 heterocycles. The molecule has 0 saturated carbocycles. The average molecular weight is 573 g/mol. The van der Waals surface area contributed by atoms with E-state index in [9.17, 15) is 14.7 Å². The Kier molecular flexibility index (Phi) is 13.0. The average Bonchev–Trinajstić information content (AvgIpc) is 2.98. The maximum atomic E-state index is 12.4. The highest BCUT2D eigenvalue weighted by atomic mass is 32.2. The summed E-state index contributed by atoms with van der Waals surface area (Å²) in [7, 11) is 0. The molecule has 1 unspecified atom stereocenters. The lowest BCUT2D eigenvalue weighted by Gasteiger charge is -2.12. The summed E-state index contributed by atoms with van der Waals surface area (Å²) < 4.78 is 16.2. The molecule has 41 heavy (non-hydrogen) atoms. The number of rotatable bonds is 16. The summed E-state index contributed by atoms with van der Waals surface area (Å²) in [5, 5.41) is 9.66. The van der Waals surface area contributed by atoms with E-state index >= 15 is 0 Å². The van der Waals surface area contributed by atoms with E-state index in [-0.39, 0.29) is 11.1 Å². The van der Waals surface area contributed by atoms with Crippen LogP contribution in [0.3, 0.4) is 0 Å². The molecule has 1 N–H and O–H groups in total. The van der Waals surface area contributed by atoms with Crippen LogP contribution in [0.25, 0.3) is 17.2 Å². The number of thioether (sulfide) groups is 1. The van der Waals surface area contributed by atoms with Crippen LogP contribution in [-0.4, -0.2) is 35.7 Å². The van der Waals surface area contributed by atoms with Crippen LogP contribution in [0.5, 0.6) is 11.5 Å². The number of hydrogen-bond acceptors (Lipinski definition) is 7. The van der Waals surface area contributed by atoms with Gasteiger partial charge in [0.15, 0.2) is 0 Å². The summed E-state index contributed by atoms with van der Waals surface area (Å²) in [4.78, 5) is 24.3. The summed E-state index contributed by atoms with van der Waals surface area (Å²) in [5.41, 5.74) is 3.50. The van der Waals surface area contributed by atoms with E-state index in [4.69, 9.17) is 14.2 Å². The molecule has 3 rings (SSSR count). The van der Waals surface area contributed by atoms with Crippen molar-refractivity contribution in [2.45, 2.75) is 43.8 Å². The summed E-state index contributed by atoms with van der Waals surface area (Å²) in [6.07, 6.45) is 7.18. The summed E-state index contributed by atoms with van der Waals surface area (Å²) in [5.74, 6) is 0.970. The molecular weight excluding hydrogens is 536 g/mol. The van der Waals surface area contributed by atoms with Crippen molar-refractivity contribution < 1.29 is 28.9 Å². The van der Waals surface area contributed by atoms with Gasteiger partial charge in [0.05, 0.1) is 13.2 Å². The van der Waals surface area contributed by atoms with Gasteiger partial charge in [0, 0.05) is 11.0 Å². The van der Waals surface area contributed by atoms with Gasteiger partial charge in [-0.15, -0.1) is 0 Å². The van der Waals surface area contributed by atoms with E-state index in [2.05, 4.69) is 13.2 Å². The van der Waals surface area contributed by atoms with Crippen LogP contribution >= 0.6 is 11.8 Å². The molecule has 3 aromatic carbocycles. The van der Waals surface area contributed by atoms with Gasteiger partial charge in [-0.1, -0.05) is 55.6 Å². The molecule has 0 radical (unpaired) electrons. The second-order valence-corrected chi connectivity index (χ2v) is 10.4. The quantitative estimate of drug-likeness (QED) is 0.0472. The van der Waals surface area contributed by atoms with Crippen molar-refractivity contribution in [3.63, 3.8) is 0 Å². The van der Waals surface area contributed by atoms with E-state index in [0.29, 0.717) is 24.5 Å². The van der Waals surface area contributed by atoms with E-state index in [1.54, 1.807) is 25.1 Å². The van der Waals surface area contributed by atoms with Crippen molar-refractivity contribution in [3.05, 3.63) is 109 Å². The van der Waals surface area contributed by atoms with Gasteiger partial charge in [-0.25, -0.2) is 4.79 Å². The summed E-state index contributed by atoms with van der Waals surface area (Å²) >= 11 is 1.16. The Morgan fingerprint density at radius 2 is 1.44 bits per heavy atom. The van der Waals surface area contributed by atoms with Gasteiger partial charge >= 0.3 is 5.97 Å². The second kappa shape index (κ2) is 16.9. The van der Waals surface area contributed by atoms with Crippen molar-refractivity contribution in [2.75, 3.05) is 13.2 Å². The molecule has 0 bridgehead atoms. The molecule has 0 amide bonds. The van der Waals surface area contributed by atoms with Gasteiger partial charge in [0.1, 0.15) is 11.5 Å². The molecule has 0 aromatic heterocycles. The van der Waals surface area contributed by atoms with Crippen LogP contribution in [0, 0.1) is 0 Å². The Hall–Kier alpha value is -4.07. The largest absolute Gasteiger partial charge is 0.494 e. The molecular formula is C34H36O6S. The number of esters is 1. The van der Waals surface area contributed by atoms with Gasteiger partial charge in [-0.05, 0) is 109 Å². The summed E-state index contributed by atoms with van der Waals surface area (Å²) in [6, 6.07) is 22.9. The van der Waals surface area contributed by atoms with Crippen molar-refractivity contribution in [3.8, 4) is 22.6 Å².